The molecule has 1 amide bonds. The summed E-state index contributed by atoms with van der Waals surface area (Å²) in [6, 6.07) is 8.41. The van der Waals surface area contributed by atoms with Crippen molar-refractivity contribution in [3.63, 3.8) is 0 Å². The average Bonchev–Trinajstić information content (AvgIpc) is 2.74. The van der Waals surface area contributed by atoms with E-state index in [9.17, 15) is 9.59 Å². The smallest absolute Gasteiger partial charge is 0.265 e. The van der Waals surface area contributed by atoms with Gasteiger partial charge in [0.05, 0.1) is 0 Å². The molecule has 1 saturated heterocycles. The maximum atomic E-state index is 12.9. The van der Waals surface area contributed by atoms with Crippen LogP contribution in [0.5, 0.6) is 0 Å². The number of nitrogens with one attached hydrogen (secondary N) is 1. The van der Waals surface area contributed by atoms with Crippen LogP contribution in [-0.2, 0) is 4.79 Å². The zero-order chi connectivity index (χ0) is 19.5. The van der Waals surface area contributed by atoms with Crippen LogP contribution in [0.3, 0.4) is 0 Å². The Balaban J connectivity index is 1.60. The molecule has 1 unspecified atom stereocenters. The number of rotatable bonds is 4. The predicted octanol–water partition coefficient (Wildman–Crippen LogP) is 2.38. The Hall–Kier alpha value is -3.29. The van der Waals surface area contributed by atoms with Crippen molar-refractivity contribution in [3.05, 3.63) is 53.2 Å². The van der Waals surface area contributed by atoms with Gasteiger partial charge in [-0.3, -0.25) is 14.2 Å². The Morgan fingerprint density at radius 3 is 2.61 bits per heavy atom. The van der Waals surface area contributed by atoms with Crippen molar-refractivity contribution in [1.82, 2.24) is 19.5 Å². The van der Waals surface area contributed by atoms with Crippen molar-refractivity contribution in [2.45, 2.75) is 32.2 Å². The Kier molecular flexibility index (Phi) is 5.01. The molecule has 0 spiro atoms. The maximum Gasteiger partial charge on any atom is 0.265 e. The fourth-order valence-corrected chi connectivity index (χ4v) is 3.34. The lowest BCUT2D eigenvalue weighted by Gasteiger charge is -2.26. The van der Waals surface area contributed by atoms with Crippen LogP contribution >= 0.6 is 0 Å². The number of piperidine rings is 1. The first-order valence-corrected chi connectivity index (χ1v) is 9.48. The summed E-state index contributed by atoms with van der Waals surface area (Å²) in [4.78, 5) is 40.6. The van der Waals surface area contributed by atoms with Crippen LogP contribution < -0.4 is 15.8 Å². The molecule has 2 aromatic heterocycles. The average molecular weight is 378 g/mol. The van der Waals surface area contributed by atoms with Crippen LogP contribution in [0.2, 0.25) is 0 Å². The number of para-hydroxylation sites is 1. The van der Waals surface area contributed by atoms with Gasteiger partial charge in [0.2, 0.25) is 11.9 Å². The van der Waals surface area contributed by atoms with E-state index >= 15 is 0 Å². The second-order valence-corrected chi connectivity index (χ2v) is 6.94. The third-order valence-electron chi connectivity index (χ3n) is 5.00. The minimum absolute atomic E-state index is 0.291. The van der Waals surface area contributed by atoms with Gasteiger partial charge in [-0.15, -0.1) is 0 Å². The Morgan fingerprint density at radius 2 is 1.86 bits per heavy atom. The molecule has 1 aliphatic rings. The van der Waals surface area contributed by atoms with Gasteiger partial charge < -0.3 is 10.2 Å². The molecule has 8 heteroatoms. The van der Waals surface area contributed by atoms with E-state index in [1.807, 2.05) is 18.2 Å². The van der Waals surface area contributed by atoms with E-state index in [1.54, 1.807) is 19.1 Å². The molecule has 1 N–H and O–H groups in total. The molecule has 1 fully saturated rings. The van der Waals surface area contributed by atoms with Gasteiger partial charge >= 0.3 is 0 Å². The number of hydrogen-bond donors (Lipinski definition) is 1. The molecule has 4 rings (SSSR count). The zero-order valence-corrected chi connectivity index (χ0v) is 15.7. The molecule has 144 valence electrons. The van der Waals surface area contributed by atoms with E-state index in [-0.39, 0.29) is 11.5 Å². The number of benzene rings is 1. The fourth-order valence-electron chi connectivity index (χ4n) is 3.34. The van der Waals surface area contributed by atoms with Gasteiger partial charge in [0.25, 0.3) is 5.56 Å². The van der Waals surface area contributed by atoms with E-state index in [0.29, 0.717) is 22.7 Å². The Bertz CT molecular complexity index is 1040. The highest BCUT2D eigenvalue weighted by Crippen LogP contribution is 2.17. The van der Waals surface area contributed by atoms with Gasteiger partial charge in [0.15, 0.2) is 5.65 Å². The van der Waals surface area contributed by atoms with E-state index < -0.39 is 6.04 Å². The van der Waals surface area contributed by atoms with Crippen molar-refractivity contribution in [2.75, 3.05) is 23.3 Å². The highest BCUT2D eigenvalue weighted by Gasteiger charge is 2.20. The van der Waals surface area contributed by atoms with E-state index in [0.717, 1.165) is 25.9 Å². The van der Waals surface area contributed by atoms with Crippen LogP contribution in [0.15, 0.2) is 47.7 Å². The number of amides is 1. The molecule has 0 aliphatic carbocycles. The van der Waals surface area contributed by atoms with E-state index in [4.69, 9.17) is 0 Å². The largest absolute Gasteiger partial charge is 0.341 e. The Morgan fingerprint density at radius 1 is 1.11 bits per heavy atom. The molecule has 1 aliphatic heterocycles. The highest BCUT2D eigenvalue weighted by atomic mass is 16.2. The van der Waals surface area contributed by atoms with Crippen LogP contribution in [-0.4, -0.2) is 38.5 Å². The lowest BCUT2D eigenvalue weighted by molar-refractivity contribution is -0.118. The van der Waals surface area contributed by atoms with Gasteiger partial charge in [0, 0.05) is 25.0 Å². The molecule has 3 heterocycles. The van der Waals surface area contributed by atoms with Crippen LogP contribution in [0.1, 0.15) is 32.2 Å². The summed E-state index contributed by atoms with van der Waals surface area (Å²) in [5.74, 6) is 0.312. The lowest BCUT2D eigenvalue weighted by atomic mass is 10.1. The third kappa shape index (κ3) is 3.58. The van der Waals surface area contributed by atoms with Crippen LogP contribution in [0, 0.1) is 0 Å². The summed E-state index contributed by atoms with van der Waals surface area (Å²) < 4.78 is 1.31. The van der Waals surface area contributed by atoms with Crippen molar-refractivity contribution < 1.29 is 4.79 Å². The van der Waals surface area contributed by atoms with Crippen molar-refractivity contribution >= 4 is 28.6 Å². The molecule has 3 aromatic rings. The second kappa shape index (κ2) is 7.75. The quantitative estimate of drug-likeness (QED) is 0.749. The number of aromatic nitrogens is 4. The lowest BCUT2D eigenvalue weighted by Crippen LogP contribution is -2.33. The van der Waals surface area contributed by atoms with Gasteiger partial charge in [-0.2, -0.15) is 4.98 Å². The monoisotopic (exact) mass is 378 g/mol. The first-order chi connectivity index (χ1) is 13.6. The fraction of sp³-hybridized carbons (Fsp3) is 0.350. The SMILES string of the molecule is CC(C(=O)Nc1ccccc1)n1cnc2nc(N3CCCCC3)ncc2c1=O. The topological polar surface area (TPSA) is 93.0 Å². The number of anilines is 2. The molecule has 0 bridgehead atoms. The van der Waals surface area contributed by atoms with Gasteiger partial charge in [-0.1, -0.05) is 18.2 Å². The van der Waals surface area contributed by atoms with Gasteiger partial charge in [0.1, 0.15) is 17.8 Å². The zero-order valence-electron chi connectivity index (χ0n) is 15.7. The molecule has 0 radical (unpaired) electrons. The van der Waals surface area contributed by atoms with Gasteiger partial charge in [-0.05, 0) is 38.3 Å². The molecular formula is C20H22N6O2. The maximum absolute atomic E-state index is 12.9. The summed E-state index contributed by atoms with van der Waals surface area (Å²) in [6.07, 6.45) is 6.34. The summed E-state index contributed by atoms with van der Waals surface area (Å²) in [5, 5.41) is 3.11. The number of fused-ring (bicyclic) bond motifs is 1. The first-order valence-electron chi connectivity index (χ1n) is 9.48. The van der Waals surface area contributed by atoms with Crippen molar-refractivity contribution in [1.29, 1.82) is 0 Å². The number of carbonyl (C=O) groups excluding carboxylic acids is 1. The minimum atomic E-state index is -0.716. The number of carbonyl (C=O) groups is 1. The molecular weight excluding hydrogens is 356 g/mol. The summed E-state index contributed by atoms with van der Waals surface area (Å²) in [5.41, 5.74) is 0.703. The standard InChI is InChI=1S/C20H22N6O2/c1-14(18(27)23-15-8-4-2-5-9-15)26-13-22-17-16(19(26)28)12-21-20(24-17)25-10-6-3-7-11-25/h2,4-5,8-9,12-14H,3,6-7,10-11H2,1H3,(H,23,27). The summed E-state index contributed by atoms with van der Waals surface area (Å²) >= 11 is 0. The van der Waals surface area contributed by atoms with E-state index in [1.165, 1.54) is 23.5 Å². The first kappa shape index (κ1) is 18.1. The molecule has 28 heavy (non-hydrogen) atoms. The summed E-state index contributed by atoms with van der Waals surface area (Å²) in [6.45, 7) is 3.49. The molecule has 0 saturated carbocycles. The number of hydrogen-bond acceptors (Lipinski definition) is 6. The van der Waals surface area contributed by atoms with Crippen LogP contribution in [0.4, 0.5) is 11.6 Å². The normalized spacial score (nSPS) is 15.4. The Labute approximate surface area is 162 Å². The van der Waals surface area contributed by atoms with Gasteiger partial charge in [-0.25, -0.2) is 9.97 Å². The van der Waals surface area contributed by atoms with Crippen molar-refractivity contribution in [2.24, 2.45) is 0 Å². The molecule has 1 aromatic carbocycles. The van der Waals surface area contributed by atoms with Crippen LogP contribution in [0.25, 0.3) is 11.0 Å². The van der Waals surface area contributed by atoms with Crippen molar-refractivity contribution in [3.8, 4) is 0 Å². The highest BCUT2D eigenvalue weighted by molar-refractivity contribution is 5.93. The molecule has 8 nitrogen and oxygen atoms in total. The van der Waals surface area contributed by atoms with E-state index in [2.05, 4.69) is 25.2 Å². The molecule has 1 atom stereocenters. The minimum Gasteiger partial charge on any atom is -0.341 e. The third-order valence-corrected chi connectivity index (χ3v) is 5.00. The second-order valence-electron chi connectivity index (χ2n) is 6.94. The summed E-state index contributed by atoms with van der Waals surface area (Å²) in [7, 11) is 0. The number of nitrogens with zero attached hydrogens (tertiary/aromatic N) is 5. The predicted molar refractivity (Wildman–Crippen MR) is 107 cm³/mol.